The van der Waals surface area contributed by atoms with Gasteiger partial charge in [-0.05, 0) is 56.9 Å². The Morgan fingerprint density at radius 2 is 1.86 bits per heavy atom. The first-order valence-electron chi connectivity index (χ1n) is 12.9. The molecule has 0 radical (unpaired) electrons. The van der Waals surface area contributed by atoms with Gasteiger partial charge in [-0.25, -0.2) is 9.78 Å². The highest BCUT2D eigenvalue weighted by Crippen LogP contribution is 2.31. The number of ether oxygens (including phenoxy) is 2. The number of rotatable bonds is 10. The lowest BCUT2D eigenvalue weighted by atomic mass is 10.0. The normalized spacial score (nSPS) is 16.2. The van der Waals surface area contributed by atoms with E-state index in [2.05, 4.69) is 46.4 Å². The van der Waals surface area contributed by atoms with E-state index in [0.29, 0.717) is 18.0 Å². The van der Waals surface area contributed by atoms with Crippen LogP contribution in [0, 0.1) is 6.92 Å². The summed E-state index contributed by atoms with van der Waals surface area (Å²) in [5.41, 5.74) is 3.78. The number of nitrogens with zero attached hydrogens (tertiary/aromatic N) is 2. The van der Waals surface area contributed by atoms with E-state index >= 15 is 0 Å². The highest BCUT2D eigenvalue weighted by Gasteiger charge is 2.30. The van der Waals surface area contributed by atoms with Crippen LogP contribution in [0.1, 0.15) is 66.7 Å². The van der Waals surface area contributed by atoms with Crippen molar-refractivity contribution in [1.82, 2.24) is 10.3 Å². The smallest absolute Gasteiger partial charge is 0.342 e. The standard InChI is InChI=1S/C30H37N3O3/c1-5-26(25-13-9-10-14-27(25)35-20-23-11-7-6-8-12-23)32-24-16-18-33(19-24)29-28(22(4)15-17-31-29)30(34)36-21(2)3/h6-15,17,21,24,26,32H,5,16,18-20H2,1-4H3/t24-,26?/m1/s1. The minimum atomic E-state index is -0.307. The lowest BCUT2D eigenvalue weighted by Gasteiger charge is -2.25. The molecule has 1 N–H and O–H groups in total. The summed E-state index contributed by atoms with van der Waals surface area (Å²) >= 11 is 0. The van der Waals surface area contributed by atoms with Gasteiger partial charge >= 0.3 is 5.97 Å². The fourth-order valence-electron chi connectivity index (χ4n) is 4.74. The number of carbonyl (C=O) groups is 1. The van der Waals surface area contributed by atoms with Gasteiger partial charge in [-0.1, -0.05) is 55.5 Å². The third-order valence-corrected chi connectivity index (χ3v) is 6.55. The van der Waals surface area contributed by atoms with Gasteiger partial charge in [0.05, 0.1) is 6.10 Å². The second-order valence-corrected chi connectivity index (χ2v) is 9.65. The zero-order valence-electron chi connectivity index (χ0n) is 21.7. The summed E-state index contributed by atoms with van der Waals surface area (Å²) in [7, 11) is 0. The van der Waals surface area contributed by atoms with Crippen molar-refractivity contribution in [2.45, 2.75) is 65.3 Å². The molecule has 6 nitrogen and oxygen atoms in total. The highest BCUT2D eigenvalue weighted by molar-refractivity contribution is 5.96. The number of benzene rings is 2. The number of pyridine rings is 1. The molecule has 1 aliphatic rings. The average molecular weight is 488 g/mol. The van der Waals surface area contributed by atoms with Crippen molar-refractivity contribution < 1.29 is 14.3 Å². The number of anilines is 1. The van der Waals surface area contributed by atoms with Crippen LogP contribution in [0.15, 0.2) is 66.9 Å². The molecule has 1 aromatic heterocycles. The number of esters is 1. The summed E-state index contributed by atoms with van der Waals surface area (Å²) in [5.74, 6) is 1.32. The Hall–Kier alpha value is -3.38. The van der Waals surface area contributed by atoms with Gasteiger partial charge in [-0.3, -0.25) is 0 Å². The zero-order chi connectivity index (χ0) is 25.5. The van der Waals surface area contributed by atoms with Crippen LogP contribution < -0.4 is 15.0 Å². The summed E-state index contributed by atoms with van der Waals surface area (Å²) in [5, 5.41) is 3.85. The topological polar surface area (TPSA) is 63.7 Å². The van der Waals surface area contributed by atoms with Crippen LogP contribution in [0.5, 0.6) is 5.75 Å². The lowest BCUT2D eigenvalue weighted by Crippen LogP contribution is -2.36. The van der Waals surface area contributed by atoms with Gasteiger partial charge in [0.1, 0.15) is 23.7 Å². The molecule has 0 amide bonds. The molecule has 190 valence electrons. The molecule has 0 spiro atoms. The van der Waals surface area contributed by atoms with Crippen molar-refractivity contribution in [1.29, 1.82) is 0 Å². The molecule has 1 unspecified atom stereocenters. The van der Waals surface area contributed by atoms with Crippen LogP contribution in [-0.4, -0.2) is 36.2 Å². The Balaban J connectivity index is 1.46. The predicted octanol–water partition coefficient (Wildman–Crippen LogP) is 5.85. The third kappa shape index (κ3) is 6.24. The number of carbonyl (C=O) groups excluding carboxylic acids is 1. The van der Waals surface area contributed by atoms with Gasteiger partial charge in [0.15, 0.2) is 0 Å². The van der Waals surface area contributed by atoms with Crippen molar-refractivity contribution in [3.63, 3.8) is 0 Å². The molecule has 0 bridgehead atoms. The molecule has 36 heavy (non-hydrogen) atoms. The third-order valence-electron chi connectivity index (χ3n) is 6.55. The molecular formula is C30H37N3O3. The molecule has 0 saturated carbocycles. The highest BCUT2D eigenvalue weighted by atomic mass is 16.5. The van der Waals surface area contributed by atoms with Crippen molar-refractivity contribution in [2.75, 3.05) is 18.0 Å². The molecule has 2 aromatic carbocycles. The second kappa shape index (κ2) is 12.0. The molecule has 3 aromatic rings. The quantitative estimate of drug-likeness (QED) is 0.362. The van der Waals surface area contributed by atoms with E-state index < -0.39 is 0 Å². The van der Waals surface area contributed by atoms with Gasteiger partial charge in [-0.15, -0.1) is 0 Å². The molecule has 1 aliphatic heterocycles. The summed E-state index contributed by atoms with van der Waals surface area (Å²) < 4.78 is 11.8. The molecule has 2 heterocycles. The fraction of sp³-hybridized carbons (Fsp3) is 0.400. The van der Waals surface area contributed by atoms with Crippen LogP contribution in [0.4, 0.5) is 5.82 Å². The molecule has 2 atom stereocenters. The number of nitrogens with one attached hydrogen (secondary N) is 1. The van der Waals surface area contributed by atoms with E-state index in [1.165, 1.54) is 5.56 Å². The van der Waals surface area contributed by atoms with E-state index in [9.17, 15) is 4.79 Å². The molecule has 1 fully saturated rings. The minimum absolute atomic E-state index is 0.165. The number of para-hydroxylation sites is 1. The SMILES string of the molecule is CCC(N[C@@H]1CCN(c2nccc(C)c2C(=O)OC(C)C)C1)c1ccccc1OCc1ccccc1. The molecule has 0 aliphatic carbocycles. The molecule has 4 rings (SSSR count). The number of aryl methyl sites for hydroxylation is 1. The van der Waals surface area contributed by atoms with Crippen LogP contribution >= 0.6 is 0 Å². The van der Waals surface area contributed by atoms with E-state index in [0.717, 1.165) is 42.8 Å². The van der Waals surface area contributed by atoms with E-state index in [4.69, 9.17) is 9.47 Å². The maximum Gasteiger partial charge on any atom is 0.342 e. The van der Waals surface area contributed by atoms with Gasteiger partial charge in [0.2, 0.25) is 0 Å². The lowest BCUT2D eigenvalue weighted by molar-refractivity contribution is 0.0377. The molecular weight excluding hydrogens is 450 g/mol. The van der Waals surface area contributed by atoms with Gasteiger partial charge in [0.25, 0.3) is 0 Å². The predicted molar refractivity (Wildman–Crippen MR) is 144 cm³/mol. The monoisotopic (exact) mass is 487 g/mol. The van der Waals surface area contributed by atoms with Crippen molar-refractivity contribution in [3.8, 4) is 5.75 Å². The maximum atomic E-state index is 12.8. The fourth-order valence-corrected chi connectivity index (χ4v) is 4.74. The first kappa shape index (κ1) is 25.7. The number of hydrogen-bond acceptors (Lipinski definition) is 6. The molecule has 6 heteroatoms. The second-order valence-electron chi connectivity index (χ2n) is 9.65. The van der Waals surface area contributed by atoms with Gasteiger partial charge in [0, 0.05) is 36.9 Å². The summed E-state index contributed by atoms with van der Waals surface area (Å²) in [4.78, 5) is 19.6. The van der Waals surface area contributed by atoms with Crippen molar-refractivity contribution in [3.05, 3.63) is 89.1 Å². The average Bonchev–Trinajstić information content (AvgIpc) is 3.35. The largest absolute Gasteiger partial charge is 0.489 e. The Labute approximate surface area is 214 Å². The van der Waals surface area contributed by atoms with E-state index in [1.54, 1.807) is 6.20 Å². The van der Waals surface area contributed by atoms with E-state index in [1.807, 2.05) is 57.2 Å². The van der Waals surface area contributed by atoms with Crippen LogP contribution in [0.25, 0.3) is 0 Å². The Morgan fingerprint density at radius 3 is 2.61 bits per heavy atom. The van der Waals surface area contributed by atoms with Crippen LogP contribution in [0.2, 0.25) is 0 Å². The maximum absolute atomic E-state index is 12.8. The Bertz CT molecular complexity index is 1150. The number of aromatic nitrogens is 1. The summed E-state index contributed by atoms with van der Waals surface area (Å²) in [6, 6.07) is 20.8. The van der Waals surface area contributed by atoms with E-state index in [-0.39, 0.29) is 24.2 Å². The summed E-state index contributed by atoms with van der Waals surface area (Å²) in [6.45, 7) is 10.0. The minimum Gasteiger partial charge on any atom is -0.489 e. The van der Waals surface area contributed by atoms with Crippen molar-refractivity contribution >= 4 is 11.8 Å². The zero-order valence-corrected chi connectivity index (χ0v) is 21.7. The molecule has 1 saturated heterocycles. The van der Waals surface area contributed by atoms with Gasteiger partial charge < -0.3 is 19.7 Å². The van der Waals surface area contributed by atoms with Gasteiger partial charge in [-0.2, -0.15) is 0 Å². The van der Waals surface area contributed by atoms with Crippen LogP contribution in [-0.2, 0) is 11.3 Å². The first-order valence-corrected chi connectivity index (χ1v) is 12.9. The summed E-state index contributed by atoms with van der Waals surface area (Å²) in [6.07, 6.45) is 3.51. The van der Waals surface area contributed by atoms with Crippen molar-refractivity contribution in [2.24, 2.45) is 0 Å². The number of hydrogen-bond donors (Lipinski definition) is 1. The van der Waals surface area contributed by atoms with Crippen LogP contribution in [0.3, 0.4) is 0 Å². The first-order chi connectivity index (χ1) is 17.5. The Kier molecular flexibility index (Phi) is 8.60. The Morgan fingerprint density at radius 1 is 1.11 bits per heavy atom.